The Kier molecular flexibility index (Phi) is 3.68. The number of benzene rings is 1. The zero-order valence-electron chi connectivity index (χ0n) is 10.0. The first-order valence-corrected chi connectivity index (χ1v) is 6.43. The van der Waals surface area contributed by atoms with E-state index in [9.17, 15) is 10.1 Å². The Morgan fingerprint density at radius 3 is 2.94 bits per heavy atom. The molecule has 0 spiro atoms. The summed E-state index contributed by atoms with van der Waals surface area (Å²) in [6.45, 7) is 5.16. The van der Waals surface area contributed by atoms with Crippen LogP contribution in [0.2, 0.25) is 0 Å². The van der Waals surface area contributed by atoms with E-state index in [4.69, 9.17) is 10.1 Å². The number of aliphatic hydroxyl groups excluding tert-OH is 1. The highest BCUT2D eigenvalue weighted by atomic mass is 32.2. The van der Waals surface area contributed by atoms with Gasteiger partial charge in [0.15, 0.2) is 0 Å². The van der Waals surface area contributed by atoms with E-state index in [1.807, 2.05) is 12.1 Å². The predicted octanol–water partition coefficient (Wildman–Crippen LogP) is 2.27. The average molecular weight is 263 g/mol. The maximum Gasteiger partial charge on any atom is 0.537 e. The molecule has 1 atom stereocenters. The molecular formula is C12H14BNO3S. The Labute approximate surface area is 110 Å². The van der Waals surface area contributed by atoms with Crippen LogP contribution in [0, 0.1) is 5.41 Å². The van der Waals surface area contributed by atoms with Crippen LogP contribution in [0.15, 0.2) is 24.8 Å². The highest BCUT2D eigenvalue weighted by molar-refractivity contribution is 8.15. The number of fused-ring (bicyclic) bond motifs is 1. The summed E-state index contributed by atoms with van der Waals surface area (Å²) < 4.78 is 5.45. The fourth-order valence-corrected chi connectivity index (χ4v) is 2.84. The number of hydrogen-bond donors (Lipinski definition) is 3. The first kappa shape index (κ1) is 13.0. The van der Waals surface area contributed by atoms with Gasteiger partial charge < -0.3 is 14.8 Å². The molecule has 18 heavy (non-hydrogen) atoms. The Bertz CT molecular complexity index is 506. The lowest BCUT2D eigenvalue weighted by atomic mass is 9.77. The fourth-order valence-electron chi connectivity index (χ4n) is 1.95. The summed E-state index contributed by atoms with van der Waals surface area (Å²) in [7, 11) is -0.983. The molecule has 0 bridgehead atoms. The third kappa shape index (κ3) is 2.54. The lowest BCUT2D eigenvalue weighted by Crippen LogP contribution is -2.41. The van der Waals surface area contributed by atoms with E-state index in [0.717, 1.165) is 5.56 Å². The molecule has 2 rings (SSSR count). The monoisotopic (exact) mass is 263 g/mol. The van der Waals surface area contributed by atoms with Crippen molar-refractivity contribution < 1.29 is 14.8 Å². The van der Waals surface area contributed by atoms with E-state index in [-0.39, 0.29) is 10.9 Å². The normalized spacial score (nSPS) is 17.9. The zero-order chi connectivity index (χ0) is 13.3. The van der Waals surface area contributed by atoms with Crippen molar-refractivity contribution >= 4 is 29.7 Å². The Morgan fingerprint density at radius 2 is 2.33 bits per heavy atom. The van der Waals surface area contributed by atoms with E-state index >= 15 is 0 Å². The standard InChI is InChI=1S/C12H14BNO3S/c1-7(15)10-5-3-4-9-6-11(18-8(2)14)13(16)17-12(9)10/h3-5,11,14-16H,1,6H2,2H3/t11-/m0/s1. The highest BCUT2D eigenvalue weighted by Gasteiger charge is 2.36. The van der Waals surface area contributed by atoms with E-state index in [1.165, 1.54) is 11.8 Å². The molecule has 0 radical (unpaired) electrons. The van der Waals surface area contributed by atoms with Gasteiger partial charge in [-0.15, -0.1) is 11.8 Å². The van der Waals surface area contributed by atoms with Gasteiger partial charge in [-0.3, -0.25) is 5.41 Å². The second-order valence-corrected chi connectivity index (χ2v) is 5.62. The van der Waals surface area contributed by atoms with Crippen molar-refractivity contribution in [1.29, 1.82) is 5.41 Å². The van der Waals surface area contributed by atoms with Gasteiger partial charge >= 0.3 is 7.12 Å². The maximum absolute atomic E-state index is 9.92. The summed E-state index contributed by atoms with van der Waals surface area (Å²) in [4.78, 5) is 0. The largest absolute Gasteiger partial charge is 0.537 e. The van der Waals surface area contributed by atoms with Crippen molar-refractivity contribution in [3.8, 4) is 5.75 Å². The minimum absolute atomic E-state index is 0.0756. The molecule has 0 saturated carbocycles. The van der Waals surface area contributed by atoms with Gasteiger partial charge in [-0.1, -0.05) is 18.7 Å². The van der Waals surface area contributed by atoms with Crippen LogP contribution in [-0.2, 0) is 6.42 Å². The first-order chi connectivity index (χ1) is 8.49. The molecule has 0 amide bonds. The Balaban J connectivity index is 2.33. The van der Waals surface area contributed by atoms with Gasteiger partial charge in [0, 0.05) is 0 Å². The average Bonchev–Trinajstić information content (AvgIpc) is 2.28. The second kappa shape index (κ2) is 5.08. The summed E-state index contributed by atoms with van der Waals surface area (Å²) in [6, 6.07) is 5.40. The quantitative estimate of drug-likeness (QED) is 0.331. The van der Waals surface area contributed by atoms with Crippen LogP contribution in [0.25, 0.3) is 5.76 Å². The molecule has 0 fully saturated rings. The lowest BCUT2D eigenvalue weighted by molar-refractivity contribution is 0.392. The van der Waals surface area contributed by atoms with Crippen molar-refractivity contribution in [1.82, 2.24) is 0 Å². The summed E-state index contributed by atoms with van der Waals surface area (Å²) in [5.41, 5.74) is 1.41. The summed E-state index contributed by atoms with van der Waals surface area (Å²) in [5, 5.41) is 27.1. The van der Waals surface area contributed by atoms with Crippen molar-refractivity contribution in [2.24, 2.45) is 0 Å². The van der Waals surface area contributed by atoms with E-state index < -0.39 is 7.12 Å². The van der Waals surface area contributed by atoms with Crippen molar-refractivity contribution in [2.45, 2.75) is 18.5 Å². The van der Waals surface area contributed by atoms with Gasteiger partial charge in [0.05, 0.1) is 15.8 Å². The molecule has 6 heteroatoms. The summed E-state index contributed by atoms with van der Waals surface area (Å²) in [5.74, 6) is 0.408. The van der Waals surface area contributed by atoms with E-state index in [0.29, 0.717) is 22.8 Å². The molecule has 1 aliphatic rings. The highest BCUT2D eigenvalue weighted by Crippen LogP contribution is 2.36. The van der Waals surface area contributed by atoms with Gasteiger partial charge in [0.25, 0.3) is 0 Å². The lowest BCUT2D eigenvalue weighted by Gasteiger charge is -2.28. The second-order valence-electron chi connectivity index (χ2n) is 4.17. The number of hydrogen-bond acceptors (Lipinski definition) is 5. The van der Waals surface area contributed by atoms with Gasteiger partial charge in [0.1, 0.15) is 11.5 Å². The molecule has 1 heterocycles. The Hall–Kier alpha value is -1.40. The Morgan fingerprint density at radius 1 is 1.61 bits per heavy atom. The third-order valence-electron chi connectivity index (χ3n) is 2.71. The fraction of sp³-hybridized carbons (Fsp3) is 0.250. The van der Waals surface area contributed by atoms with Crippen LogP contribution in [0.1, 0.15) is 18.1 Å². The minimum atomic E-state index is -0.983. The molecule has 0 aliphatic carbocycles. The van der Waals surface area contributed by atoms with Crippen LogP contribution in [0.3, 0.4) is 0 Å². The van der Waals surface area contributed by atoms with Crippen LogP contribution in [0.4, 0.5) is 0 Å². The molecule has 94 valence electrons. The smallest absolute Gasteiger partial charge is 0.535 e. The molecule has 1 aromatic rings. The number of rotatable bonds is 2. The molecule has 0 saturated heterocycles. The van der Waals surface area contributed by atoms with Gasteiger partial charge in [-0.05, 0) is 25.0 Å². The predicted molar refractivity (Wildman–Crippen MR) is 75.2 cm³/mol. The first-order valence-electron chi connectivity index (χ1n) is 5.55. The van der Waals surface area contributed by atoms with Crippen molar-refractivity contribution in [3.63, 3.8) is 0 Å². The van der Waals surface area contributed by atoms with Gasteiger partial charge in [0.2, 0.25) is 0 Å². The zero-order valence-corrected chi connectivity index (χ0v) is 10.8. The molecular weight excluding hydrogens is 249 g/mol. The topological polar surface area (TPSA) is 73.5 Å². The van der Waals surface area contributed by atoms with Crippen LogP contribution < -0.4 is 4.65 Å². The SMILES string of the molecule is C=C(O)c1cccc2c1OB(O)[C@@H](SC(C)=N)C2. The van der Waals surface area contributed by atoms with Gasteiger partial charge in [-0.2, -0.15) is 0 Å². The molecule has 3 N–H and O–H groups in total. The van der Waals surface area contributed by atoms with Crippen molar-refractivity contribution in [3.05, 3.63) is 35.9 Å². The minimum Gasteiger partial charge on any atom is -0.535 e. The number of nitrogens with one attached hydrogen (secondary N) is 1. The third-order valence-corrected chi connectivity index (χ3v) is 3.77. The number of thioether (sulfide) groups is 1. The summed E-state index contributed by atoms with van der Waals surface area (Å²) in [6.07, 6.45) is 0.596. The molecule has 0 unspecified atom stereocenters. The number of aliphatic hydroxyl groups is 1. The summed E-state index contributed by atoms with van der Waals surface area (Å²) >= 11 is 1.28. The van der Waals surface area contributed by atoms with Crippen LogP contribution in [-0.4, -0.2) is 27.4 Å². The molecule has 4 nitrogen and oxygen atoms in total. The molecule has 0 aromatic heterocycles. The van der Waals surface area contributed by atoms with E-state index in [1.54, 1.807) is 13.0 Å². The molecule has 1 aliphatic heterocycles. The molecule has 1 aromatic carbocycles. The van der Waals surface area contributed by atoms with E-state index in [2.05, 4.69) is 6.58 Å². The van der Waals surface area contributed by atoms with Crippen molar-refractivity contribution in [2.75, 3.05) is 0 Å². The maximum atomic E-state index is 9.92. The number of para-hydroxylation sites is 1. The van der Waals surface area contributed by atoms with Crippen LogP contribution >= 0.6 is 11.8 Å². The van der Waals surface area contributed by atoms with Crippen LogP contribution in [0.5, 0.6) is 5.75 Å². The van der Waals surface area contributed by atoms with Gasteiger partial charge in [-0.25, -0.2) is 0 Å².